The van der Waals surface area contributed by atoms with Gasteiger partial charge in [0.25, 0.3) is 10.0 Å². The largest absolute Gasteiger partial charge is 0.492 e. The number of carbonyl (C=O) groups is 2. The lowest BCUT2D eigenvalue weighted by atomic mass is 10.1. The number of halogens is 1. The lowest BCUT2D eigenvalue weighted by molar-refractivity contribution is -0.139. The molecule has 0 aliphatic carbocycles. The third-order valence-corrected chi connectivity index (χ3v) is 7.63. The molecule has 2 amide bonds. The molecule has 0 saturated heterocycles. The van der Waals surface area contributed by atoms with Gasteiger partial charge in [-0.3, -0.25) is 13.9 Å². The number of hydrogen-bond acceptors (Lipinski definition) is 5. The van der Waals surface area contributed by atoms with Crippen molar-refractivity contribution in [2.24, 2.45) is 0 Å². The number of hydrogen-bond donors (Lipinski definition) is 1. The zero-order chi connectivity index (χ0) is 27.7. The van der Waals surface area contributed by atoms with Gasteiger partial charge in [0, 0.05) is 18.7 Å². The molecule has 0 heterocycles. The molecule has 3 rings (SSSR count). The number of carbonyl (C=O) groups excluding carboxylic acids is 2. The number of ether oxygens (including phenoxy) is 1. The molecule has 0 radical (unpaired) electrons. The molecule has 0 saturated carbocycles. The van der Waals surface area contributed by atoms with Crippen molar-refractivity contribution in [2.75, 3.05) is 24.0 Å². The number of para-hydroxylation sites is 2. The number of rotatable bonds is 12. The summed E-state index contributed by atoms with van der Waals surface area (Å²) in [5.41, 5.74) is 0.368. The van der Waals surface area contributed by atoms with Gasteiger partial charge in [-0.05, 0) is 51.1 Å². The van der Waals surface area contributed by atoms with Crippen LogP contribution in [0.1, 0.15) is 26.3 Å². The van der Waals surface area contributed by atoms with Crippen molar-refractivity contribution in [1.29, 1.82) is 0 Å². The summed E-state index contributed by atoms with van der Waals surface area (Å²) in [6, 6.07) is 19.2. The fourth-order valence-electron chi connectivity index (χ4n) is 3.89. The van der Waals surface area contributed by atoms with E-state index in [2.05, 4.69) is 5.32 Å². The van der Waals surface area contributed by atoms with Crippen molar-refractivity contribution in [2.45, 2.75) is 38.3 Å². The van der Waals surface area contributed by atoms with Crippen LogP contribution < -0.4 is 14.4 Å². The first kappa shape index (κ1) is 28.6. The van der Waals surface area contributed by atoms with Crippen molar-refractivity contribution in [3.05, 3.63) is 90.2 Å². The van der Waals surface area contributed by atoms with Crippen molar-refractivity contribution >= 4 is 27.5 Å². The van der Waals surface area contributed by atoms with E-state index < -0.39 is 40.2 Å². The van der Waals surface area contributed by atoms with Gasteiger partial charge in [0.05, 0.1) is 17.2 Å². The van der Waals surface area contributed by atoms with E-state index in [0.717, 1.165) is 4.31 Å². The normalized spacial score (nSPS) is 11.9. The smallest absolute Gasteiger partial charge is 0.264 e. The van der Waals surface area contributed by atoms with Crippen LogP contribution in [0.4, 0.5) is 10.1 Å². The standard InChI is InChI=1S/C28H32FN3O5S/c1-4-30-28(34)21(3)31(19-22-13-9-10-16-24(22)29)27(33)20-32(25-17-11-12-18-26(25)37-5-2)38(35,36)23-14-7-6-8-15-23/h6-18,21H,4-5,19-20H2,1-3H3,(H,30,34)/t21-/m0/s1. The maximum absolute atomic E-state index is 14.5. The summed E-state index contributed by atoms with van der Waals surface area (Å²) in [6.07, 6.45) is 0. The molecule has 202 valence electrons. The quantitative estimate of drug-likeness (QED) is 0.374. The van der Waals surface area contributed by atoms with E-state index in [1.54, 1.807) is 62.4 Å². The zero-order valence-electron chi connectivity index (χ0n) is 21.6. The Labute approximate surface area is 223 Å². The van der Waals surface area contributed by atoms with Crippen LogP contribution in [0.2, 0.25) is 0 Å². The molecule has 38 heavy (non-hydrogen) atoms. The number of anilines is 1. The van der Waals surface area contributed by atoms with Crippen molar-refractivity contribution in [1.82, 2.24) is 10.2 Å². The van der Waals surface area contributed by atoms with E-state index in [1.807, 2.05) is 0 Å². The van der Waals surface area contributed by atoms with E-state index in [4.69, 9.17) is 4.74 Å². The second-order valence-electron chi connectivity index (χ2n) is 8.41. The first-order valence-corrected chi connectivity index (χ1v) is 13.7. The fraction of sp³-hybridized carbons (Fsp3) is 0.286. The van der Waals surface area contributed by atoms with Crippen LogP contribution in [0, 0.1) is 5.82 Å². The highest BCUT2D eigenvalue weighted by Gasteiger charge is 2.33. The van der Waals surface area contributed by atoms with Gasteiger partial charge in [-0.1, -0.05) is 48.5 Å². The van der Waals surface area contributed by atoms with E-state index >= 15 is 0 Å². The molecule has 1 atom stereocenters. The highest BCUT2D eigenvalue weighted by atomic mass is 32.2. The Morgan fingerprint density at radius 1 is 0.947 bits per heavy atom. The maximum Gasteiger partial charge on any atom is 0.264 e. The summed E-state index contributed by atoms with van der Waals surface area (Å²) in [5.74, 6) is -1.38. The Morgan fingerprint density at radius 3 is 2.24 bits per heavy atom. The Balaban J connectivity index is 2.08. The van der Waals surface area contributed by atoms with Crippen LogP contribution in [0.15, 0.2) is 83.8 Å². The number of sulfonamides is 1. The van der Waals surface area contributed by atoms with Crippen molar-refractivity contribution < 1.29 is 27.1 Å². The monoisotopic (exact) mass is 541 g/mol. The third kappa shape index (κ3) is 6.69. The highest BCUT2D eigenvalue weighted by Crippen LogP contribution is 2.32. The summed E-state index contributed by atoms with van der Waals surface area (Å²) < 4.78 is 48.8. The summed E-state index contributed by atoms with van der Waals surface area (Å²) >= 11 is 0. The number of nitrogens with zero attached hydrogens (tertiary/aromatic N) is 2. The molecule has 0 unspecified atom stereocenters. The molecule has 0 aromatic heterocycles. The first-order valence-electron chi connectivity index (χ1n) is 12.3. The number of likely N-dealkylation sites (N-methyl/N-ethyl adjacent to an activating group) is 1. The van der Waals surface area contributed by atoms with Gasteiger partial charge in [-0.15, -0.1) is 0 Å². The molecule has 0 aliphatic heterocycles. The minimum atomic E-state index is -4.23. The Kier molecular flexibility index (Phi) is 9.84. The average molecular weight is 542 g/mol. The number of amides is 2. The van der Waals surface area contributed by atoms with Crippen LogP contribution in [-0.4, -0.2) is 50.9 Å². The second-order valence-corrected chi connectivity index (χ2v) is 10.3. The molecule has 10 heteroatoms. The molecular weight excluding hydrogens is 509 g/mol. The summed E-state index contributed by atoms with van der Waals surface area (Å²) in [6.45, 7) is 4.77. The van der Waals surface area contributed by atoms with Crippen molar-refractivity contribution in [3.8, 4) is 5.75 Å². The second kappa shape index (κ2) is 13.0. The van der Waals surface area contributed by atoms with E-state index in [9.17, 15) is 22.4 Å². The van der Waals surface area contributed by atoms with Gasteiger partial charge >= 0.3 is 0 Å². The Morgan fingerprint density at radius 2 is 1.58 bits per heavy atom. The Bertz CT molecular complexity index is 1350. The lowest BCUT2D eigenvalue weighted by Gasteiger charge is -2.32. The molecule has 3 aromatic rings. The predicted octanol–water partition coefficient (Wildman–Crippen LogP) is 3.97. The summed E-state index contributed by atoms with van der Waals surface area (Å²) in [4.78, 5) is 27.7. The van der Waals surface area contributed by atoms with Gasteiger partial charge in [0.15, 0.2) is 0 Å². The first-order chi connectivity index (χ1) is 18.2. The van der Waals surface area contributed by atoms with Crippen LogP contribution in [0.3, 0.4) is 0 Å². The molecule has 0 bridgehead atoms. The maximum atomic E-state index is 14.5. The number of benzene rings is 3. The lowest BCUT2D eigenvalue weighted by Crippen LogP contribution is -2.51. The van der Waals surface area contributed by atoms with Crippen LogP contribution in [0.25, 0.3) is 0 Å². The van der Waals surface area contributed by atoms with Gasteiger partial charge in [0.2, 0.25) is 11.8 Å². The topological polar surface area (TPSA) is 96.0 Å². The molecule has 0 aliphatic rings. The average Bonchev–Trinajstić information content (AvgIpc) is 2.92. The van der Waals surface area contributed by atoms with Crippen LogP contribution >= 0.6 is 0 Å². The van der Waals surface area contributed by atoms with Gasteiger partial charge in [-0.2, -0.15) is 0 Å². The minimum Gasteiger partial charge on any atom is -0.492 e. The molecule has 3 aromatic carbocycles. The molecule has 8 nitrogen and oxygen atoms in total. The predicted molar refractivity (Wildman–Crippen MR) is 144 cm³/mol. The van der Waals surface area contributed by atoms with Crippen LogP contribution in [0.5, 0.6) is 5.75 Å². The molecule has 0 spiro atoms. The molecule has 1 N–H and O–H groups in total. The van der Waals surface area contributed by atoms with Gasteiger partial charge in [-0.25, -0.2) is 12.8 Å². The van der Waals surface area contributed by atoms with E-state index in [1.165, 1.54) is 42.2 Å². The van der Waals surface area contributed by atoms with Crippen molar-refractivity contribution in [3.63, 3.8) is 0 Å². The zero-order valence-corrected chi connectivity index (χ0v) is 22.4. The summed E-state index contributed by atoms with van der Waals surface area (Å²) in [5, 5.41) is 2.67. The van der Waals surface area contributed by atoms with E-state index in [-0.39, 0.29) is 35.0 Å². The molecule has 0 fully saturated rings. The highest BCUT2D eigenvalue weighted by molar-refractivity contribution is 7.92. The fourth-order valence-corrected chi connectivity index (χ4v) is 5.33. The SMILES string of the molecule is CCNC(=O)[C@H](C)N(Cc1ccccc1F)C(=O)CN(c1ccccc1OCC)S(=O)(=O)c1ccccc1. The Hall–Kier alpha value is -3.92. The minimum absolute atomic E-state index is 0.0171. The van der Waals surface area contributed by atoms with Gasteiger partial charge in [0.1, 0.15) is 24.2 Å². The van der Waals surface area contributed by atoms with Gasteiger partial charge < -0.3 is 15.0 Å². The van der Waals surface area contributed by atoms with Crippen LogP contribution in [-0.2, 0) is 26.2 Å². The summed E-state index contributed by atoms with van der Waals surface area (Å²) in [7, 11) is -4.23. The van der Waals surface area contributed by atoms with E-state index in [0.29, 0.717) is 6.54 Å². The molecular formula is C28H32FN3O5S. The third-order valence-electron chi connectivity index (χ3n) is 5.86. The number of nitrogens with one attached hydrogen (secondary N) is 1.